The predicted octanol–water partition coefficient (Wildman–Crippen LogP) is 2.83. The number of hydrogen-bond donors (Lipinski definition) is 2. The first kappa shape index (κ1) is 15.1. The zero-order valence-electron chi connectivity index (χ0n) is 11.3. The highest BCUT2D eigenvalue weighted by molar-refractivity contribution is 6.35. The maximum absolute atomic E-state index is 9.42. The van der Waals surface area contributed by atoms with Crippen molar-refractivity contribution in [3.63, 3.8) is 0 Å². The normalized spacial score (nSPS) is 19.8. The van der Waals surface area contributed by atoms with E-state index in [1.807, 2.05) is 19.9 Å². The largest absolute Gasteiger partial charge is 0.396 e. The van der Waals surface area contributed by atoms with Crippen molar-refractivity contribution in [2.45, 2.75) is 26.4 Å². The molecule has 0 aromatic heterocycles. The van der Waals surface area contributed by atoms with Crippen molar-refractivity contribution in [3.05, 3.63) is 33.3 Å². The summed E-state index contributed by atoms with van der Waals surface area (Å²) in [6.45, 7) is 6.28. The van der Waals surface area contributed by atoms with Crippen LogP contribution in [0.1, 0.15) is 31.0 Å². The molecule has 1 aromatic rings. The Morgan fingerprint density at radius 3 is 2.68 bits per heavy atom. The monoisotopic (exact) mass is 302 g/mol. The second-order valence-electron chi connectivity index (χ2n) is 5.93. The molecule has 5 heteroatoms. The van der Waals surface area contributed by atoms with Gasteiger partial charge < -0.3 is 10.8 Å². The van der Waals surface area contributed by atoms with Crippen LogP contribution in [0.3, 0.4) is 0 Å². The quantitative estimate of drug-likeness (QED) is 0.899. The molecule has 0 fully saturated rings. The number of hydrogen-bond acceptors (Lipinski definition) is 3. The lowest BCUT2D eigenvalue weighted by atomic mass is 9.93. The minimum absolute atomic E-state index is 0.122. The molecule has 19 heavy (non-hydrogen) atoms. The number of halogens is 2. The number of benzene rings is 1. The first-order valence-electron chi connectivity index (χ1n) is 6.41. The molecule has 0 saturated carbocycles. The zero-order chi connectivity index (χ0) is 14.2. The van der Waals surface area contributed by atoms with Crippen molar-refractivity contribution in [2.24, 2.45) is 11.1 Å². The molecule has 1 atom stereocenters. The molecular weight excluding hydrogens is 283 g/mol. The summed E-state index contributed by atoms with van der Waals surface area (Å²) < 4.78 is 0. The van der Waals surface area contributed by atoms with Gasteiger partial charge in [-0.15, -0.1) is 0 Å². The van der Waals surface area contributed by atoms with E-state index >= 15 is 0 Å². The molecular formula is C14H20Cl2N2O. The van der Waals surface area contributed by atoms with Crippen LogP contribution >= 0.6 is 23.2 Å². The van der Waals surface area contributed by atoms with Crippen LogP contribution in [0.15, 0.2) is 12.1 Å². The molecule has 1 aliphatic rings. The van der Waals surface area contributed by atoms with Gasteiger partial charge in [0.2, 0.25) is 0 Å². The molecule has 3 N–H and O–H groups in total. The topological polar surface area (TPSA) is 49.5 Å². The first-order chi connectivity index (χ1) is 8.88. The van der Waals surface area contributed by atoms with Gasteiger partial charge >= 0.3 is 0 Å². The molecule has 1 unspecified atom stereocenters. The Hall–Kier alpha value is -0.320. The summed E-state index contributed by atoms with van der Waals surface area (Å²) in [5.74, 6) is 0. The number of nitrogens with zero attached hydrogens (tertiary/aromatic N) is 1. The fraction of sp³-hybridized carbons (Fsp3) is 0.571. The van der Waals surface area contributed by atoms with Gasteiger partial charge in [0.25, 0.3) is 0 Å². The van der Waals surface area contributed by atoms with Gasteiger partial charge in [-0.25, -0.2) is 0 Å². The molecule has 1 aliphatic heterocycles. The molecule has 0 radical (unpaired) electrons. The highest BCUT2D eigenvalue weighted by atomic mass is 35.5. The average molecular weight is 303 g/mol. The lowest BCUT2D eigenvalue weighted by Crippen LogP contribution is -2.37. The Balaban J connectivity index is 2.30. The van der Waals surface area contributed by atoms with E-state index in [-0.39, 0.29) is 18.1 Å². The summed E-state index contributed by atoms with van der Waals surface area (Å²) in [5, 5.41) is 10.8. The molecule has 1 aromatic carbocycles. The molecule has 0 amide bonds. The first-order valence-corrected chi connectivity index (χ1v) is 7.16. The van der Waals surface area contributed by atoms with Crippen LogP contribution in [0.2, 0.25) is 10.0 Å². The smallest absolute Gasteiger partial charge is 0.0494 e. The van der Waals surface area contributed by atoms with Crippen LogP contribution in [0.25, 0.3) is 0 Å². The van der Waals surface area contributed by atoms with Crippen molar-refractivity contribution in [3.8, 4) is 0 Å². The van der Waals surface area contributed by atoms with Crippen molar-refractivity contribution in [1.82, 2.24) is 4.90 Å². The van der Waals surface area contributed by atoms with E-state index in [9.17, 15) is 5.11 Å². The number of aliphatic hydroxyl groups is 1. The number of rotatable bonds is 4. The van der Waals surface area contributed by atoms with E-state index in [1.54, 1.807) is 6.07 Å². The van der Waals surface area contributed by atoms with Gasteiger partial charge in [-0.3, -0.25) is 4.90 Å². The van der Waals surface area contributed by atoms with Gasteiger partial charge in [-0.05, 0) is 23.3 Å². The van der Waals surface area contributed by atoms with E-state index in [2.05, 4.69) is 4.90 Å². The predicted molar refractivity (Wildman–Crippen MR) is 79.5 cm³/mol. The molecule has 0 aliphatic carbocycles. The minimum atomic E-state index is -0.161. The van der Waals surface area contributed by atoms with Crippen molar-refractivity contribution >= 4 is 23.2 Å². The third-order valence-electron chi connectivity index (χ3n) is 3.64. The lowest BCUT2D eigenvalue weighted by Gasteiger charge is -2.32. The molecule has 2 rings (SSSR count). The van der Waals surface area contributed by atoms with Crippen molar-refractivity contribution < 1.29 is 5.11 Å². The number of aliphatic hydroxyl groups excluding tert-OH is 1. The molecule has 1 heterocycles. The number of nitrogens with two attached hydrogens (primary N) is 1. The standard InChI is InChI=1S/C14H20Cl2N2O/c1-14(2,8-19)7-18-6-11-10(13(18)5-17)3-9(15)4-12(11)16/h3-4,13,19H,5-8,17H2,1-2H3. The Bertz CT molecular complexity index is 477. The van der Waals surface area contributed by atoms with Crippen LogP contribution < -0.4 is 5.73 Å². The van der Waals surface area contributed by atoms with Crippen molar-refractivity contribution in [2.75, 3.05) is 19.7 Å². The maximum Gasteiger partial charge on any atom is 0.0494 e. The summed E-state index contributed by atoms with van der Waals surface area (Å²) in [5.41, 5.74) is 7.97. The summed E-state index contributed by atoms with van der Waals surface area (Å²) in [6, 6.07) is 3.85. The van der Waals surface area contributed by atoms with Gasteiger partial charge in [0.15, 0.2) is 0 Å². The fourth-order valence-corrected chi connectivity index (χ4v) is 3.21. The van der Waals surface area contributed by atoms with Gasteiger partial charge in [-0.2, -0.15) is 0 Å². The molecule has 106 valence electrons. The van der Waals surface area contributed by atoms with Gasteiger partial charge in [-0.1, -0.05) is 37.0 Å². The SMILES string of the molecule is CC(C)(CO)CN1Cc2c(Cl)cc(Cl)cc2C1CN. The second kappa shape index (κ2) is 5.58. The van der Waals surface area contributed by atoms with Crippen LogP contribution in [0, 0.1) is 5.41 Å². The zero-order valence-corrected chi connectivity index (χ0v) is 12.8. The highest BCUT2D eigenvalue weighted by Gasteiger charge is 2.34. The molecule has 0 spiro atoms. The van der Waals surface area contributed by atoms with Crippen LogP contribution in [-0.2, 0) is 6.54 Å². The summed E-state index contributed by atoms with van der Waals surface area (Å²) in [6.07, 6.45) is 0. The van der Waals surface area contributed by atoms with Gasteiger partial charge in [0.1, 0.15) is 0 Å². The van der Waals surface area contributed by atoms with Gasteiger partial charge in [0, 0.05) is 47.7 Å². The molecule has 0 saturated heterocycles. The highest BCUT2D eigenvalue weighted by Crippen LogP contribution is 2.40. The summed E-state index contributed by atoms with van der Waals surface area (Å²) in [4.78, 5) is 2.27. The molecule has 3 nitrogen and oxygen atoms in total. The summed E-state index contributed by atoms with van der Waals surface area (Å²) >= 11 is 12.3. The maximum atomic E-state index is 9.42. The Kier molecular flexibility index (Phi) is 4.43. The van der Waals surface area contributed by atoms with E-state index < -0.39 is 0 Å². The Morgan fingerprint density at radius 2 is 2.11 bits per heavy atom. The van der Waals surface area contributed by atoms with E-state index in [4.69, 9.17) is 28.9 Å². The van der Waals surface area contributed by atoms with Crippen molar-refractivity contribution in [1.29, 1.82) is 0 Å². The Labute approximate surface area is 124 Å². The third-order valence-corrected chi connectivity index (χ3v) is 4.19. The average Bonchev–Trinajstić information content (AvgIpc) is 2.66. The minimum Gasteiger partial charge on any atom is -0.396 e. The second-order valence-corrected chi connectivity index (χ2v) is 6.78. The fourth-order valence-electron chi connectivity index (χ4n) is 2.64. The van der Waals surface area contributed by atoms with Crippen LogP contribution in [-0.4, -0.2) is 29.7 Å². The lowest BCUT2D eigenvalue weighted by molar-refractivity contribution is 0.0846. The van der Waals surface area contributed by atoms with Gasteiger partial charge in [0.05, 0.1) is 0 Å². The third kappa shape index (κ3) is 3.06. The van der Waals surface area contributed by atoms with E-state index in [1.165, 1.54) is 0 Å². The Morgan fingerprint density at radius 1 is 1.42 bits per heavy atom. The number of fused-ring (bicyclic) bond motifs is 1. The van der Waals surface area contributed by atoms with E-state index in [0.29, 0.717) is 16.6 Å². The summed E-state index contributed by atoms with van der Waals surface area (Å²) in [7, 11) is 0. The van der Waals surface area contributed by atoms with Crippen LogP contribution in [0.4, 0.5) is 0 Å². The van der Waals surface area contributed by atoms with Crippen LogP contribution in [0.5, 0.6) is 0 Å². The molecule has 0 bridgehead atoms. The van der Waals surface area contributed by atoms with E-state index in [0.717, 1.165) is 24.2 Å².